The summed E-state index contributed by atoms with van der Waals surface area (Å²) < 4.78 is 5.37. The Morgan fingerprint density at radius 2 is 2.00 bits per heavy atom. The van der Waals surface area contributed by atoms with Gasteiger partial charge in [-0.3, -0.25) is 9.69 Å². The monoisotopic (exact) mass is 304 g/mol. The molecule has 0 aromatic rings. The molecule has 1 amide bonds. The first-order chi connectivity index (χ1) is 10.5. The molecule has 0 aliphatic carbocycles. The number of rotatable bonds is 3. The van der Waals surface area contributed by atoms with Crippen molar-refractivity contribution >= 4 is 5.91 Å². The van der Waals surface area contributed by atoms with Crippen LogP contribution in [0.4, 0.5) is 0 Å². The molecule has 5 nitrogen and oxygen atoms in total. The zero-order valence-corrected chi connectivity index (χ0v) is 13.7. The van der Waals surface area contributed by atoms with Crippen LogP contribution in [0.25, 0.3) is 0 Å². The van der Waals surface area contributed by atoms with Gasteiger partial charge in [0.2, 0.25) is 0 Å². The Morgan fingerprint density at radius 1 is 1.32 bits per heavy atom. The molecule has 0 N–H and O–H groups in total. The Morgan fingerprint density at radius 3 is 2.59 bits per heavy atom. The lowest BCUT2D eigenvalue weighted by atomic mass is 9.96. The molecular formula is C17H26N3O2. The largest absolute Gasteiger partial charge is 0.379 e. The summed E-state index contributed by atoms with van der Waals surface area (Å²) in [6, 6.07) is 2.08. The highest BCUT2D eigenvalue weighted by Gasteiger charge is 2.31. The Balaban J connectivity index is 2.15. The van der Waals surface area contributed by atoms with Crippen molar-refractivity contribution in [1.82, 2.24) is 9.80 Å². The van der Waals surface area contributed by atoms with Crippen LogP contribution >= 0.6 is 0 Å². The van der Waals surface area contributed by atoms with Gasteiger partial charge in [0, 0.05) is 31.2 Å². The number of likely N-dealkylation sites (tertiary alicyclic amines) is 1. The van der Waals surface area contributed by atoms with Crippen molar-refractivity contribution in [2.24, 2.45) is 0 Å². The maximum absolute atomic E-state index is 12.7. The van der Waals surface area contributed by atoms with Crippen LogP contribution in [0.1, 0.15) is 33.1 Å². The molecule has 121 valence electrons. The van der Waals surface area contributed by atoms with Crippen molar-refractivity contribution < 1.29 is 9.53 Å². The Labute approximate surface area is 133 Å². The summed E-state index contributed by atoms with van der Waals surface area (Å²) in [6.45, 7) is 11.9. The fraction of sp³-hybridized carbons (Fsp3) is 0.706. The van der Waals surface area contributed by atoms with E-state index in [1.807, 2.05) is 19.9 Å². The van der Waals surface area contributed by atoms with Gasteiger partial charge in [-0.1, -0.05) is 0 Å². The van der Waals surface area contributed by atoms with Gasteiger partial charge < -0.3 is 9.64 Å². The number of nitriles is 1. The normalized spacial score (nSPS) is 24.9. The fourth-order valence-electron chi connectivity index (χ4n) is 3.15. The topological polar surface area (TPSA) is 56.6 Å². The van der Waals surface area contributed by atoms with Crippen molar-refractivity contribution in [2.45, 2.75) is 44.7 Å². The Kier molecular flexibility index (Phi) is 5.60. The van der Waals surface area contributed by atoms with Crippen molar-refractivity contribution in [3.63, 3.8) is 0 Å². The number of piperidine rings is 1. The minimum absolute atomic E-state index is 0.0236. The molecule has 0 aromatic carbocycles. The third kappa shape index (κ3) is 3.88. The summed E-state index contributed by atoms with van der Waals surface area (Å²) in [7, 11) is 0. The van der Waals surface area contributed by atoms with E-state index < -0.39 is 0 Å². The van der Waals surface area contributed by atoms with E-state index in [0.29, 0.717) is 19.8 Å². The zero-order valence-electron chi connectivity index (χ0n) is 13.7. The maximum atomic E-state index is 12.7. The van der Waals surface area contributed by atoms with E-state index in [0.717, 1.165) is 32.4 Å². The summed E-state index contributed by atoms with van der Waals surface area (Å²) in [6.07, 6.45) is 4.81. The molecule has 2 fully saturated rings. The van der Waals surface area contributed by atoms with E-state index in [9.17, 15) is 10.1 Å². The first kappa shape index (κ1) is 17.0. The Bertz CT molecular complexity index is 473. The van der Waals surface area contributed by atoms with Gasteiger partial charge in [-0.15, -0.1) is 0 Å². The zero-order chi connectivity index (χ0) is 16.2. The van der Waals surface area contributed by atoms with Crippen molar-refractivity contribution in [3.05, 3.63) is 18.6 Å². The van der Waals surface area contributed by atoms with E-state index >= 15 is 0 Å². The molecule has 0 aromatic heterocycles. The van der Waals surface area contributed by atoms with Crippen molar-refractivity contribution in [1.29, 1.82) is 5.26 Å². The van der Waals surface area contributed by atoms with Gasteiger partial charge in [-0.2, -0.15) is 5.26 Å². The van der Waals surface area contributed by atoms with Crippen LogP contribution in [0.3, 0.4) is 0 Å². The predicted octanol–water partition coefficient (Wildman–Crippen LogP) is 1.76. The number of ether oxygens (including phenoxy) is 1. The third-order valence-electron chi connectivity index (χ3n) is 4.56. The molecule has 1 radical (unpaired) electrons. The standard InChI is InChI=1S/C17H26N3O2/c1-14-6-4-5-7-20(14)16(21)15(13-18)12-17(2,3)19-8-10-22-11-9-19/h12,14H,1,4-11H2,2-3H3/b15-12+/t14-/m1/s1. The summed E-state index contributed by atoms with van der Waals surface area (Å²) >= 11 is 0. The summed E-state index contributed by atoms with van der Waals surface area (Å²) in [5, 5.41) is 9.45. The molecule has 22 heavy (non-hydrogen) atoms. The average Bonchev–Trinajstić information content (AvgIpc) is 2.53. The molecule has 0 saturated carbocycles. The number of amides is 1. The van der Waals surface area contributed by atoms with Gasteiger partial charge in [0.15, 0.2) is 0 Å². The number of carbonyl (C=O) groups excluding carboxylic acids is 1. The number of morpholine rings is 1. The van der Waals surface area contributed by atoms with Gasteiger partial charge in [-0.05, 0) is 46.1 Å². The van der Waals surface area contributed by atoms with Crippen LogP contribution in [0.15, 0.2) is 11.6 Å². The molecular weight excluding hydrogens is 278 g/mol. The van der Waals surface area contributed by atoms with E-state index in [4.69, 9.17) is 4.74 Å². The van der Waals surface area contributed by atoms with Gasteiger partial charge in [-0.25, -0.2) is 0 Å². The number of hydrogen-bond acceptors (Lipinski definition) is 4. The second-order valence-electron chi connectivity index (χ2n) is 6.57. The molecule has 2 heterocycles. The summed E-state index contributed by atoms with van der Waals surface area (Å²) in [4.78, 5) is 16.6. The van der Waals surface area contributed by atoms with Crippen LogP contribution in [0.5, 0.6) is 0 Å². The molecule has 1 atom stereocenters. The van der Waals surface area contributed by atoms with Crippen LogP contribution in [0.2, 0.25) is 0 Å². The molecule has 0 spiro atoms. The van der Waals surface area contributed by atoms with Gasteiger partial charge >= 0.3 is 0 Å². The molecule has 2 rings (SSSR count). The summed E-state index contributed by atoms with van der Waals surface area (Å²) in [5.74, 6) is -0.177. The first-order valence-corrected chi connectivity index (χ1v) is 8.05. The Hall–Kier alpha value is -1.38. The predicted molar refractivity (Wildman–Crippen MR) is 84.9 cm³/mol. The highest BCUT2D eigenvalue weighted by Crippen LogP contribution is 2.23. The van der Waals surface area contributed by atoms with Gasteiger partial charge in [0.1, 0.15) is 11.6 Å². The molecule has 2 saturated heterocycles. The first-order valence-electron chi connectivity index (χ1n) is 8.05. The highest BCUT2D eigenvalue weighted by atomic mass is 16.5. The molecule has 5 heteroatoms. The van der Waals surface area contributed by atoms with Gasteiger partial charge in [0.05, 0.1) is 13.2 Å². The quantitative estimate of drug-likeness (QED) is 0.589. The van der Waals surface area contributed by atoms with Crippen LogP contribution in [0, 0.1) is 18.3 Å². The fourth-order valence-corrected chi connectivity index (χ4v) is 3.15. The molecule has 0 unspecified atom stereocenters. The maximum Gasteiger partial charge on any atom is 0.264 e. The van der Waals surface area contributed by atoms with Crippen molar-refractivity contribution in [3.8, 4) is 6.07 Å². The summed E-state index contributed by atoms with van der Waals surface area (Å²) in [5.41, 5.74) is -0.108. The number of hydrogen-bond donors (Lipinski definition) is 0. The SMILES string of the molecule is [CH2][C@@H]1CCCCN1C(=O)/C(C#N)=C/C(C)(C)N1CCOCC1. The van der Waals surface area contributed by atoms with Crippen LogP contribution in [-0.2, 0) is 9.53 Å². The van der Waals surface area contributed by atoms with E-state index in [-0.39, 0.29) is 23.1 Å². The minimum Gasteiger partial charge on any atom is -0.379 e. The van der Waals surface area contributed by atoms with E-state index in [2.05, 4.69) is 17.9 Å². The molecule has 2 aliphatic heterocycles. The van der Waals surface area contributed by atoms with Crippen molar-refractivity contribution in [2.75, 3.05) is 32.8 Å². The van der Waals surface area contributed by atoms with Crippen LogP contribution < -0.4 is 0 Å². The second-order valence-corrected chi connectivity index (χ2v) is 6.57. The smallest absolute Gasteiger partial charge is 0.264 e. The van der Waals surface area contributed by atoms with E-state index in [1.165, 1.54) is 0 Å². The lowest BCUT2D eigenvalue weighted by molar-refractivity contribution is -0.129. The molecule has 0 bridgehead atoms. The van der Waals surface area contributed by atoms with Crippen LogP contribution in [-0.4, -0.2) is 60.1 Å². The minimum atomic E-state index is -0.336. The second kappa shape index (κ2) is 7.26. The highest BCUT2D eigenvalue weighted by molar-refractivity contribution is 5.97. The molecule has 2 aliphatic rings. The average molecular weight is 304 g/mol. The van der Waals surface area contributed by atoms with Gasteiger partial charge in [0.25, 0.3) is 5.91 Å². The van der Waals surface area contributed by atoms with E-state index in [1.54, 1.807) is 4.90 Å². The number of carbonyl (C=O) groups is 1. The number of nitrogens with zero attached hydrogens (tertiary/aromatic N) is 3. The third-order valence-corrected chi connectivity index (χ3v) is 4.56. The lowest BCUT2D eigenvalue weighted by Crippen LogP contribution is -2.49. The lowest BCUT2D eigenvalue weighted by Gasteiger charge is -2.39.